The molecule has 1 heterocycles. The van der Waals surface area contributed by atoms with Crippen LogP contribution in [-0.2, 0) is 0 Å². The van der Waals surface area contributed by atoms with Gasteiger partial charge in [-0.2, -0.15) is 0 Å². The average molecular weight is 290 g/mol. The predicted molar refractivity (Wildman–Crippen MR) is 78.9 cm³/mol. The van der Waals surface area contributed by atoms with Crippen LogP contribution in [-0.4, -0.2) is 28.2 Å². The maximum atomic E-state index is 14.1. The lowest BCUT2D eigenvalue weighted by atomic mass is 10.1. The van der Waals surface area contributed by atoms with Gasteiger partial charge in [0.25, 0.3) is 5.91 Å². The zero-order valence-corrected chi connectivity index (χ0v) is 12.1. The summed E-state index contributed by atoms with van der Waals surface area (Å²) in [6.45, 7) is 3.88. The molecule has 0 saturated carbocycles. The van der Waals surface area contributed by atoms with E-state index < -0.39 is 17.8 Å². The van der Waals surface area contributed by atoms with Crippen LogP contribution in [0.3, 0.4) is 0 Å². The lowest BCUT2D eigenvalue weighted by molar-refractivity contribution is 0.0871. The van der Waals surface area contributed by atoms with Crippen LogP contribution < -0.4 is 5.32 Å². The van der Waals surface area contributed by atoms with Gasteiger partial charge in [-0.05, 0) is 36.2 Å². The number of halogens is 1. The molecule has 21 heavy (non-hydrogen) atoms. The number of carbonyl (C=O) groups excluding carboxylic acids is 1. The molecule has 2 rings (SSSR count). The van der Waals surface area contributed by atoms with Gasteiger partial charge in [0.2, 0.25) is 0 Å². The Morgan fingerprint density at radius 3 is 2.57 bits per heavy atom. The first-order valence-corrected chi connectivity index (χ1v) is 6.88. The lowest BCUT2D eigenvalue weighted by Gasteiger charge is -2.15. The highest BCUT2D eigenvalue weighted by molar-refractivity contribution is 5.94. The SMILES string of the molecule is CC(C)C(O)CNC(=O)c1ccc(-n2cccc2)c(F)c1. The highest BCUT2D eigenvalue weighted by atomic mass is 19.1. The van der Waals surface area contributed by atoms with E-state index in [4.69, 9.17) is 0 Å². The third-order valence-electron chi connectivity index (χ3n) is 3.33. The van der Waals surface area contributed by atoms with Crippen LogP contribution in [0.4, 0.5) is 4.39 Å². The zero-order chi connectivity index (χ0) is 15.4. The second-order valence-corrected chi connectivity index (χ2v) is 5.28. The Morgan fingerprint density at radius 2 is 2.00 bits per heavy atom. The van der Waals surface area contributed by atoms with Crippen molar-refractivity contribution in [2.75, 3.05) is 6.54 Å². The second kappa shape index (κ2) is 6.54. The van der Waals surface area contributed by atoms with Gasteiger partial charge < -0.3 is 15.0 Å². The average Bonchev–Trinajstić information content (AvgIpc) is 2.97. The third-order valence-corrected chi connectivity index (χ3v) is 3.33. The van der Waals surface area contributed by atoms with Gasteiger partial charge in [0.05, 0.1) is 11.8 Å². The minimum atomic E-state index is -0.613. The number of hydrogen-bond donors (Lipinski definition) is 2. The van der Waals surface area contributed by atoms with Crippen molar-refractivity contribution in [2.24, 2.45) is 5.92 Å². The molecule has 0 aliphatic carbocycles. The Hall–Kier alpha value is -2.14. The molecule has 0 saturated heterocycles. The van der Waals surface area contributed by atoms with Crippen LogP contribution in [0, 0.1) is 11.7 Å². The van der Waals surface area contributed by atoms with Crippen molar-refractivity contribution in [1.82, 2.24) is 9.88 Å². The van der Waals surface area contributed by atoms with Crippen molar-refractivity contribution < 1.29 is 14.3 Å². The fourth-order valence-electron chi connectivity index (χ4n) is 1.89. The Labute approximate surface area is 123 Å². The monoisotopic (exact) mass is 290 g/mol. The van der Waals surface area contributed by atoms with Crippen LogP contribution in [0.15, 0.2) is 42.7 Å². The summed E-state index contributed by atoms with van der Waals surface area (Å²) in [5.74, 6) is -0.811. The number of nitrogens with one attached hydrogen (secondary N) is 1. The molecule has 0 aliphatic heterocycles. The molecule has 1 unspecified atom stereocenters. The van der Waals surface area contributed by atoms with E-state index in [1.807, 2.05) is 13.8 Å². The minimum Gasteiger partial charge on any atom is -0.391 e. The van der Waals surface area contributed by atoms with Crippen LogP contribution >= 0.6 is 0 Å². The van der Waals surface area contributed by atoms with Crippen molar-refractivity contribution >= 4 is 5.91 Å². The maximum absolute atomic E-state index is 14.1. The molecular weight excluding hydrogens is 271 g/mol. The first-order chi connectivity index (χ1) is 9.99. The fraction of sp³-hybridized carbons (Fsp3) is 0.312. The van der Waals surface area contributed by atoms with Crippen LogP contribution in [0.1, 0.15) is 24.2 Å². The molecule has 4 nitrogen and oxygen atoms in total. The van der Waals surface area contributed by atoms with E-state index in [1.165, 1.54) is 6.07 Å². The summed E-state index contributed by atoms with van der Waals surface area (Å²) < 4.78 is 15.7. The van der Waals surface area contributed by atoms with Gasteiger partial charge >= 0.3 is 0 Å². The normalized spacial score (nSPS) is 12.4. The van der Waals surface area contributed by atoms with Crippen molar-refractivity contribution in [2.45, 2.75) is 20.0 Å². The number of rotatable bonds is 5. The molecule has 1 aromatic carbocycles. The first kappa shape index (κ1) is 15.3. The smallest absolute Gasteiger partial charge is 0.251 e. The Balaban J connectivity index is 2.08. The topological polar surface area (TPSA) is 54.3 Å². The van der Waals surface area contributed by atoms with E-state index in [2.05, 4.69) is 5.32 Å². The lowest BCUT2D eigenvalue weighted by Crippen LogP contribution is -2.34. The molecule has 1 aromatic heterocycles. The Morgan fingerprint density at radius 1 is 1.33 bits per heavy atom. The van der Waals surface area contributed by atoms with Crippen LogP contribution in [0.25, 0.3) is 5.69 Å². The molecule has 112 valence electrons. The van der Waals surface area contributed by atoms with Gasteiger partial charge in [-0.1, -0.05) is 13.8 Å². The van der Waals surface area contributed by atoms with Crippen LogP contribution in [0.5, 0.6) is 0 Å². The van der Waals surface area contributed by atoms with E-state index >= 15 is 0 Å². The van der Waals surface area contributed by atoms with Crippen molar-refractivity contribution in [3.8, 4) is 5.69 Å². The first-order valence-electron chi connectivity index (χ1n) is 6.88. The molecule has 0 radical (unpaired) electrons. The molecule has 0 aliphatic rings. The third kappa shape index (κ3) is 3.70. The standard InChI is InChI=1S/C16H19FN2O2/c1-11(2)15(20)10-18-16(21)12-5-6-14(13(17)9-12)19-7-3-4-8-19/h3-9,11,15,20H,10H2,1-2H3,(H,18,21). The Kier molecular flexibility index (Phi) is 4.75. The van der Waals surface area contributed by atoms with Gasteiger partial charge in [-0.25, -0.2) is 4.39 Å². The van der Waals surface area contributed by atoms with Gasteiger partial charge in [-0.3, -0.25) is 4.79 Å². The fourth-order valence-corrected chi connectivity index (χ4v) is 1.89. The predicted octanol–water partition coefficient (Wildman–Crippen LogP) is 2.36. The van der Waals surface area contributed by atoms with Gasteiger partial charge in [0.1, 0.15) is 5.82 Å². The van der Waals surface area contributed by atoms with Gasteiger partial charge in [-0.15, -0.1) is 0 Å². The number of benzene rings is 1. The van der Waals surface area contributed by atoms with Crippen LogP contribution in [0.2, 0.25) is 0 Å². The minimum absolute atomic E-state index is 0.0538. The van der Waals surface area contributed by atoms with E-state index in [9.17, 15) is 14.3 Å². The molecule has 1 atom stereocenters. The van der Waals surface area contributed by atoms with Crippen molar-refractivity contribution in [3.05, 3.63) is 54.1 Å². The molecule has 0 fully saturated rings. The number of amides is 1. The number of hydrogen-bond acceptors (Lipinski definition) is 2. The van der Waals surface area contributed by atoms with E-state index in [0.29, 0.717) is 5.69 Å². The quantitative estimate of drug-likeness (QED) is 0.888. The van der Waals surface area contributed by atoms with E-state index in [1.54, 1.807) is 41.2 Å². The molecule has 2 aromatic rings. The number of aromatic nitrogens is 1. The zero-order valence-electron chi connectivity index (χ0n) is 12.1. The largest absolute Gasteiger partial charge is 0.391 e. The molecule has 5 heteroatoms. The number of aliphatic hydroxyl groups excluding tert-OH is 1. The van der Waals surface area contributed by atoms with E-state index in [0.717, 1.165) is 0 Å². The summed E-state index contributed by atoms with van der Waals surface area (Å²) in [5.41, 5.74) is 0.623. The van der Waals surface area contributed by atoms with Crippen molar-refractivity contribution in [3.63, 3.8) is 0 Å². The summed E-state index contributed by atoms with van der Waals surface area (Å²) in [4.78, 5) is 11.9. The summed E-state index contributed by atoms with van der Waals surface area (Å²) in [5, 5.41) is 12.3. The molecular formula is C16H19FN2O2. The highest BCUT2D eigenvalue weighted by Crippen LogP contribution is 2.15. The highest BCUT2D eigenvalue weighted by Gasteiger charge is 2.13. The van der Waals surface area contributed by atoms with Crippen molar-refractivity contribution in [1.29, 1.82) is 0 Å². The molecule has 0 spiro atoms. The van der Waals surface area contributed by atoms with Gasteiger partial charge in [0, 0.05) is 24.5 Å². The second-order valence-electron chi connectivity index (χ2n) is 5.28. The maximum Gasteiger partial charge on any atom is 0.251 e. The summed E-state index contributed by atoms with van der Waals surface area (Å²) in [7, 11) is 0. The number of aliphatic hydroxyl groups is 1. The summed E-state index contributed by atoms with van der Waals surface area (Å²) >= 11 is 0. The number of nitrogens with zero attached hydrogens (tertiary/aromatic N) is 1. The van der Waals surface area contributed by atoms with Gasteiger partial charge in [0.15, 0.2) is 0 Å². The molecule has 2 N–H and O–H groups in total. The summed E-state index contributed by atoms with van der Waals surface area (Å²) in [6.07, 6.45) is 2.85. The summed E-state index contributed by atoms with van der Waals surface area (Å²) in [6, 6.07) is 7.92. The Bertz CT molecular complexity index is 609. The molecule has 0 bridgehead atoms. The molecule has 1 amide bonds. The number of carbonyl (C=O) groups is 1. The van der Waals surface area contributed by atoms with E-state index in [-0.39, 0.29) is 18.0 Å².